The predicted octanol–water partition coefficient (Wildman–Crippen LogP) is 4.78. The first-order chi connectivity index (χ1) is 8.66. The highest BCUT2D eigenvalue weighted by atomic mass is 35.5. The lowest BCUT2D eigenvalue weighted by molar-refractivity contribution is 0.506. The standard InChI is InChI=1S/C15H11ClF2/c16-13-8-12(10-3-1-2-4-11(10)13)9-5-6-14(17)15(18)7-9/h1-7,12-13H,8H2/t12-,13-/m1/s1. The fraction of sp³-hybridized carbons (Fsp3) is 0.200. The highest BCUT2D eigenvalue weighted by molar-refractivity contribution is 6.21. The summed E-state index contributed by atoms with van der Waals surface area (Å²) in [6.45, 7) is 0. The van der Waals surface area contributed by atoms with Crippen molar-refractivity contribution in [3.05, 3.63) is 70.8 Å². The topological polar surface area (TPSA) is 0 Å². The number of alkyl halides is 1. The Morgan fingerprint density at radius 2 is 1.67 bits per heavy atom. The number of fused-ring (bicyclic) bond motifs is 1. The second-order valence-corrected chi connectivity index (χ2v) is 5.09. The van der Waals surface area contributed by atoms with Crippen LogP contribution in [0.2, 0.25) is 0 Å². The van der Waals surface area contributed by atoms with Crippen molar-refractivity contribution in [2.24, 2.45) is 0 Å². The molecule has 2 aromatic rings. The summed E-state index contributed by atoms with van der Waals surface area (Å²) < 4.78 is 26.3. The van der Waals surface area contributed by atoms with Crippen molar-refractivity contribution in [2.75, 3.05) is 0 Å². The average molecular weight is 265 g/mol. The zero-order valence-corrected chi connectivity index (χ0v) is 10.3. The third-order valence-electron chi connectivity index (χ3n) is 3.50. The molecule has 0 amide bonds. The normalized spacial score (nSPS) is 21.9. The van der Waals surface area contributed by atoms with Crippen molar-refractivity contribution in [2.45, 2.75) is 17.7 Å². The third-order valence-corrected chi connectivity index (χ3v) is 3.91. The smallest absolute Gasteiger partial charge is 0.159 e. The van der Waals surface area contributed by atoms with Gasteiger partial charge in [-0.05, 0) is 35.2 Å². The minimum Gasteiger partial charge on any atom is -0.204 e. The molecule has 1 aliphatic rings. The summed E-state index contributed by atoms with van der Waals surface area (Å²) >= 11 is 6.29. The Bertz CT molecular complexity index is 595. The lowest BCUT2D eigenvalue weighted by Gasteiger charge is -2.12. The third kappa shape index (κ3) is 1.81. The van der Waals surface area contributed by atoms with E-state index in [1.165, 1.54) is 12.1 Å². The highest BCUT2D eigenvalue weighted by Crippen LogP contribution is 2.46. The fourth-order valence-corrected chi connectivity index (χ4v) is 3.00. The SMILES string of the molecule is Fc1ccc([C@H]2C[C@@H](Cl)c3ccccc32)cc1F. The second-order valence-electron chi connectivity index (χ2n) is 4.56. The second kappa shape index (κ2) is 4.36. The fourth-order valence-electron chi connectivity index (χ4n) is 2.62. The van der Waals surface area contributed by atoms with Crippen molar-refractivity contribution >= 4 is 11.6 Å². The molecule has 0 bridgehead atoms. The van der Waals surface area contributed by atoms with Gasteiger partial charge in [0.25, 0.3) is 0 Å². The molecule has 0 radical (unpaired) electrons. The van der Waals surface area contributed by atoms with Gasteiger partial charge in [0, 0.05) is 5.92 Å². The zero-order valence-electron chi connectivity index (χ0n) is 9.54. The maximum atomic E-state index is 13.3. The molecule has 1 aliphatic carbocycles. The summed E-state index contributed by atoms with van der Waals surface area (Å²) in [7, 11) is 0. The van der Waals surface area contributed by atoms with Crippen molar-refractivity contribution in [1.29, 1.82) is 0 Å². The number of halogens is 3. The molecule has 0 unspecified atom stereocenters. The molecule has 18 heavy (non-hydrogen) atoms. The molecule has 0 nitrogen and oxygen atoms in total. The van der Waals surface area contributed by atoms with Gasteiger partial charge in [-0.25, -0.2) is 8.78 Å². The molecule has 0 spiro atoms. The first-order valence-electron chi connectivity index (χ1n) is 5.84. The van der Waals surface area contributed by atoms with E-state index in [9.17, 15) is 8.78 Å². The largest absolute Gasteiger partial charge is 0.204 e. The first kappa shape index (κ1) is 11.7. The van der Waals surface area contributed by atoms with E-state index in [-0.39, 0.29) is 11.3 Å². The van der Waals surface area contributed by atoms with Gasteiger partial charge in [0.15, 0.2) is 11.6 Å². The first-order valence-corrected chi connectivity index (χ1v) is 6.28. The summed E-state index contributed by atoms with van der Waals surface area (Å²) in [6, 6.07) is 12.0. The van der Waals surface area contributed by atoms with Crippen LogP contribution >= 0.6 is 11.6 Å². The van der Waals surface area contributed by atoms with Gasteiger partial charge in [-0.2, -0.15) is 0 Å². The van der Waals surface area contributed by atoms with E-state index < -0.39 is 11.6 Å². The molecular formula is C15H11ClF2. The van der Waals surface area contributed by atoms with Gasteiger partial charge in [-0.3, -0.25) is 0 Å². The molecule has 3 heteroatoms. The number of hydrogen-bond acceptors (Lipinski definition) is 0. The molecule has 92 valence electrons. The molecule has 2 aromatic carbocycles. The molecule has 0 N–H and O–H groups in total. The Labute approximate surface area is 109 Å². The molecule has 0 saturated carbocycles. The van der Waals surface area contributed by atoms with Gasteiger partial charge in [-0.15, -0.1) is 11.6 Å². The predicted molar refractivity (Wildman–Crippen MR) is 67.9 cm³/mol. The lowest BCUT2D eigenvalue weighted by atomic mass is 9.93. The van der Waals surface area contributed by atoms with Gasteiger partial charge in [0.2, 0.25) is 0 Å². The van der Waals surface area contributed by atoms with E-state index >= 15 is 0 Å². The molecule has 0 heterocycles. The van der Waals surface area contributed by atoms with Crippen LogP contribution in [0.4, 0.5) is 8.78 Å². The average Bonchev–Trinajstić information content (AvgIpc) is 2.71. The molecule has 0 fully saturated rings. The number of rotatable bonds is 1. The molecular weight excluding hydrogens is 254 g/mol. The van der Waals surface area contributed by atoms with E-state index in [0.29, 0.717) is 0 Å². The van der Waals surface area contributed by atoms with Crippen molar-refractivity contribution in [1.82, 2.24) is 0 Å². The molecule has 0 saturated heterocycles. The molecule has 0 aromatic heterocycles. The van der Waals surface area contributed by atoms with Crippen LogP contribution < -0.4 is 0 Å². The van der Waals surface area contributed by atoms with Crippen LogP contribution in [0.1, 0.15) is 34.4 Å². The molecule has 3 rings (SSSR count). The van der Waals surface area contributed by atoms with Crippen molar-refractivity contribution in [3.63, 3.8) is 0 Å². The van der Waals surface area contributed by atoms with Crippen molar-refractivity contribution in [3.8, 4) is 0 Å². The monoisotopic (exact) mass is 264 g/mol. The van der Waals surface area contributed by atoms with Crippen LogP contribution in [-0.4, -0.2) is 0 Å². The Morgan fingerprint density at radius 3 is 2.39 bits per heavy atom. The van der Waals surface area contributed by atoms with E-state index in [4.69, 9.17) is 11.6 Å². The van der Waals surface area contributed by atoms with Gasteiger partial charge < -0.3 is 0 Å². The van der Waals surface area contributed by atoms with E-state index in [1.807, 2.05) is 24.3 Å². The van der Waals surface area contributed by atoms with Crippen LogP contribution in [-0.2, 0) is 0 Å². The summed E-state index contributed by atoms with van der Waals surface area (Å²) in [4.78, 5) is 0. The van der Waals surface area contributed by atoms with E-state index in [2.05, 4.69) is 0 Å². The van der Waals surface area contributed by atoms with Crippen LogP contribution in [0.3, 0.4) is 0 Å². The van der Waals surface area contributed by atoms with E-state index in [0.717, 1.165) is 23.1 Å². The quantitative estimate of drug-likeness (QED) is 0.650. The summed E-state index contributed by atoms with van der Waals surface area (Å²) in [6.07, 6.45) is 0.728. The van der Waals surface area contributed by atoms with Crippen LogP contribution in [0.25, 0.3) is 0 Å². The van der Waals surface area contributed by atoms with Gasteiger partial charge >= 0.3 is 0 Å². The summed E-state index contributed by atoms with van der Waals surface area (Å²) in [5, 5.41) is -0.0562. The maximum Gasteiger partial charge on any atom is 0.159 e. The molecule has 0 aliphatic heterocycles. The van der Waals surface area contributed by atoms with Gasteiger partial charge in [-0.1, -0.05) is 30.3 Å². The Balaban J connectivity index is 2.06. The Morgan fingerprint density at radius 1 is 0.944 bits per heavy atom. The van der Waals surface area contributed by atoms with Gasteiger partial charge in [0.1, 0.15) is 0 Å². The number of benzene rings is 2. The van der Waals surface area contributed by atoms with Crippen LogP contribution in [0.5, 0.6) is 0 Å². The van der Waals surface area contributed by atoms with Crippen LogP contribution in [0.15, 0.2) is 42.5 Å². The summed E-state index contributed by atoms with van der Waals surface area (Å²) in [5.41, 5.74) is 2.99. The van der Waals surface area contributed by atoms with Crippen molar-refractivity contribution < 1.29 is 8.78 Å². The highest BCUT2D eigenvalue weighted by Gasteiger charge is 2.30. The Hall–Kier alpha value is -1.41. The van der Waals surface area contributed by atoms with Crippen LogP contribution in [0, 0.1) is 11.6 Å². The zero-order chi connectivity index (χ0) is 12.7. The Kier molecular flexibility index (Phi) is 2.83. The maximum absolute atomic E-state index is 13.3. The lowest BCUT2D eigenvalue weighted by Crippen LogP contribution is -1.98. The summed E-state index contributed by atoms with van der Waals surface area (Å²) in [5.74, 6) is -1.56. The minimum absolute atomic E-state index is 0.0544. The number of hydrogen-bond donors (Lipinski definition) is 0. The van der Waals surface area contributed by atoms with E-state index in [1.54, 1.807) is 6.07 Å². The minimum atomic E-state index is -0.813. The van der Waals surface area contributed by atoms with Gasteiger partial charge in [0.05, 0.1) is 5.38 Å². The molecule has 2 atom stereocenters.